The first-order valence-electron chi connectivity index (χ1n) is 12.2. The molecule has 184 valence electrons. The van der Waals surface area contributed by atoms with Crippen LogP contribution in [0, 0.1) is 0 Å². The number of nitrogens with zero attached hydrogens (tertiary/aromatic N) is 7. The second-order valence-corrected chi connectivity index (χ2v) is 10.2. The van der Waals surface area contributed by atoms with E-state index >= 15 is 0 Å². The summed E-state index contributed by atoms with van der Waals surface area (Å²) >= 11 is 6.14. The number of ether oxygens (including phenoxy) is 1. The standard InChI is InChI=1S/C24H28ClN7O3/c1-29-20-8-16(25)13-26-21(20)32(23(34)22(29)33)19-9-17-2-3-18(10-19)31(17)24-27-11-15(12-28-24)14-30-4-6-35-7-5-30/h8,11-13,17-19H,2-7,9-10,14H2,1H3/t17-,18+,19?. The molecule has 0 saturated carbocycles. The van der Waals surface area contributed by atoms with E-state index in [2.05, 4.69) is 14.8 Å². The van der Waals surface area contributed by atoms with Crippen LogP contribution in [0.3, 0.4) is 0 Å². The molecule has 0 N–H and O–H groups in total. The Balaban J connectivity index is 1.26. The Morgan fingerprint density at radius 1 is 0.971 bits per heavy atom. The molecule has 11 heteroatoms. The number of hydrogen-bond donors (Lipinski definition) is 0. The van der Waals surface area contributed by atoms with Crippen LogP contribution < -0.4 is 16.0 Å². The lowest BCUT2D eigenvalue weighted by molar-refractivity contribution is 0.0341. The highest BCUT2D eigenvalue weighted by atomic mass is 35.5. The van der Waals surface area contributed by atoms with E-state index in [0.717, 1.165) is 70.0 Å². The molecule has 6 heterocycles. The Bertz CT molecular complexity index is 1350. The van der Waals surface area contributed by atoms with Crippen LogP contribution in [0.25, 0.3) is 11.2 Å². The maximum Gasteiger partial charge on any atom is 0.318 e. The second-order valence-electron chi connectivity index (χ2n) is 9.73. The number of fused-ring (bicyclic) bond motifs is 3. The lowest BCUT2D eigenvalue weighted by atomic mass is 9.97. The van der Waals surface area contributed by atoms with Crippen molar-refractivity contribution in [3.63, 3.8) is 0 Å². The van der Waals surface area contributed by atoms with Gasteiger partial charge in [-0.25, -0.2) is 15.0 Å². The number of aryl methyl sites for hydroxylation is 1. The van der Waals surface area contributed by atoms with Gasteiger partial charge in [-0.2, -0.15) is 0 Å². The van der Waals surface area contributed by atoms with Gasteiger partial charge in [0.15, 0.2) is 5.65 Å². The Morgan fingerprint density at radius 2 is 1.66 bits per heavy atom. The summed E-state index contributed by atoms with van der Waals surface area (Å²) in [4.78, 5) is 44.3. The number of morpholine rings is 1. The summed E-state index contributed by atoms with van der Waals surface area (Å²) in [6.07, 6.45) is 8.88. The highest BCUT2D eigenvalue weighted by molar-refractivity contribution is 6.31. The van der Waals surface area contributed by atoms with Gasteiger partial charge in [0, 0.05) is 69.0 Å². The maximum absolute atomic E-state index is 13.1. The molecule has 0 radical (unpaired) electrons. The lowest BCUT2D eigenvalue weighted by Crippen LogP contribution is -2.49. The summed E-state index contributed by atoms with van der Waals surface area (Å²) in [5.74, 6) is 0.743. The van der Waals surface area contributed by atoms with Gasteiger partial charge < -0.3 is 14.2 Å². The van der Waals surface area contributed by atoms with Crippen molar-refractivity contribution in [2.24, 2.45) is 7.05 Å². The van der Waals surface area contributed by atoms with Crippen molar-refractivity contribution in [2.75, 3.05) is 31.2 Å². The van der Waals surface area contributed by atoms with E-state index in [1.54, 1.807) is 17.7 Å². The van der Waals surface area contributed by atoms with Crippen LogP contribution in [0.15, 0.2) is 34.2 Å². The van der Waals surface area contributed by atoms with Crippen molar-refractivity contribution in [2.45, 2.75) is 50.4 Å². The highest BCUT2D eigenvalue weighted by Gasteiger charge is 2.43. The first-order valence-corrected chi connectivity index (χ1v) is 12.5. The number of aromatic nitrogens is 5. The number of piperidine rings is 1. The van der Waals surface area contributed by atoms with E-state index in [9.17, 15) is 9.59 Å². The van der Waals surface area contributed by atoms with Crippen LogP contribution in [0.4, 0.5) is 5.95 Å². The van der Waals surface area contributed by atoms with Crippen molar-refractivity contribution < 1.29 is 4.74 Å². The monoisotopic (exact) mass is 497 g/mol. The molecule has 2 bridgehead atoms. The van der Waals surface area contributed by atoms with Crippen LogP contribution in [-0.2, 0) is 18.3 Å². The molecule has 10 nitrogen and oxygen atoms in total. The molecule has 35 heavy (non-hydrogen) atoms. The minimum atomic E-state index is -0.560. The molecule has 3 aromatic rings. The van der Waals surface area contributed by atoms with Crippen LogP contribution in [-0.4, -0.2) is 67.4 Å². The van der Waals surface area contributed by atoms with E-state index in [4.69, 9.17) is 26.3 Å². The Morgan fingerprint density at radius 3 is 2.34 bits per heavy atom. The van der Waals surface area contributed by atoms with Gasteiger partial charge in [-0.15, -0.1) is 0 Å². The molecule has 3 aliphatic rings. The number of anilines is 1. The maximum atomic E-state index is 13.1. The van der Waals surface area contributed by atoms with Crippen LogP contribution in [0.5, 0.6) is 0 Å². The molecule has 0 aromatic carbocycles. The van der Waals surface area contributed by atoms with E-state index in [0.29, 0.717) is 16.2 Å². The summed E-state index contributed by atoms with van der Waals surface area (Å²) < 4.78 is 8.36. The molecule has 0 aliphatic carbocycles. The smallest absolute Gasteiger partial charge is 0.318 e. The number of pyridine rings is 1. The van der Waals surface area contributed by atoms with Crippen LogP contribution in [0.2, 0.25) is 5.02 Å². The fraction of sp³-hybridized carbons (Fsp3) is 0.542. The Labute approximate surface area is 207 Å². The predicted molar refractivity (Wildman–Crippen MR) is 132 cm³/mol. The third-order valence-electron chi connectivity index (χ3n) is 7.62. The predicted octanol–water partition coefficient (Wildman–Crippen LogP) is 1.74. The molecule has 3 atom stereocenters. The minimum absolute atomic E-state index is 0.109. The van der Waals surface area contributed by atoms with Crippen molar-refractivity contribution in [1.29, 1.82) is 0 Å². The van der Waals surface area contributed by atoms with Gasteiger partial charge in [-0.05, 0) is 31.7 Å². The van der Waals surface area contributed by atoms with Crippen molar-refractivity contribution in [1.82, 2.24) is 29.0 Å². The van der Waals surface area contributed by atoms with Gasteiger partial charge in [0.05, 0.1) is 23.8 Å². The highest BCUT2D eigenvalue weighted by Crippen LogP contribution is 2.42. The van der Waals surface area contributed by atoms with Gasteiger partial charge in [0.25, 0.3) is 0 Å². The summed E-state index contributed by atoms with van der Waals surface area (Å²) in [5, 5.41) is 0.432. The topological polar surface area (TPSA) is 98.4 Å². The molecular weight excluding hydrogens is 470 g/mol. The molecule has 0 amide bonds. The number of halogens is 1. The second kappa shape index (κ2) is 9.00. The molecule has 0 spiro atoms. The molecule has 3 fully saturated rings. The molecule has 3 aromatic heterocycles. The van der Waals surface area contributed by atoms with Crippen molar-refractivity contribution in [3.8, 4) is 0 Å². The fourth-order valence-electron chi connectivity index (χ4n) is 5.91. The van der Waals surface area contributed by atoms with E-state index in [1.807, 2.05) is 12.4 Å². The third kappa shape index (κ3) is 4.03. The minimum Gasteiger partial charge on any atom is -0.379 e. The van der Waals surface area contributed by atoms with Gasteiger partial charge in [0.2, 0.25) is 5.95 Å². The van der Waals surface area contributed by atoms with Crippen molar-refractivity contribution >= 4 is 28.7 Å². The zero-order chi connectivity index (χ0) is 24.1. The van der Waals surface area contributed by atoms with Gasteiger partial charge >= 0.3 is 11.1 Å². The Hall–Kier alpha value is -2.82. The van der Waals surface area contributed by atoms with E-state index in [-0.39, 0.29) is 18.1 Å². The zero-order valence-electron chi connectivity index (χ0n) is 19.6. The number of rotatable bonds is 4. The summed E-state index contributed by atoms with van der Waals surface area (Å²) in [5.41, 5.74) is 1.08. The largest absolute Gasteiger partial charge is 0.379 e. The quantitative estimate of drug-likeness (QED) is 0.503. The van der Waals surface area contributed by atoms with E-state index in [1.165, 1.54) is 10.8 Å². The molecule has 6 rings (SSSR count). The van der Waals surface area contributed by atoms with Gasteiger partial charge in [-0.3, -0.25) is 19.1 Å². The molecule has 3 aliphatic heterocycles. The SMILES string of the molecule is Cn1c(=O)c(=O)n(C2C[C@H]3CC[C@@H](C2)N3c2ncc(CN3CCOCC3)cn2)c2ncc(Cl)cc21. The van der Waals surface area contributed by atoms with Gasteiger partial charge in [-0.1, -0.05) is 11.6 Å². The first kappa shape index (κ1) is 22.6. The lowest BCUT2D eigenvalue weighted by Gasteiger charge is -2.39. The summed E-state index contributed by atoms with van der Waals surface area (Å²) in [6.45, 7) is 4.22. The zero-order valence-corrected chi connectivity index (χ0v) is 20.4. The van der Waals surface area contributed by atoms with Crippen LogP contribution >= 0.6 is 11.6 Å². The fourth-order valence-corrected chi connectivity index (χ4v) is 6.06. The molecule has 1 unspecified atom stereocenters. The van der Waals surface area contributed by atoms with E-state index < -0.39 is 11.1 Å². The molecular formula is C24H28ClN7O3. The Kier molecular flexibility index (Phi) is 5.82. The summed E-state index contributed by atoms with van der Waals surface area (Å²) in [7, 11) is 1.58. The van der Waals surface area contributed by atoms with Crippen LogP contribution in [0.1, 0.15) is 37.3 Å². The third-order valence-corrected chi connectivity index (χ3v) is 7.82. The van der Waals surface area contributed by atoms with Gasteiger partial charge in [0.1, 0.15) is 0 Å². The first-order chi connectivity index (χ1) is 17.0. The summed E-state index contributed by atoms with van der Waals surface area (Å²) in [6, 6.07) is 2.00. The average molecular weight is 498 g/mol. The average Bonchev–Trinajstić information content (AvgIpc) is 3.13. The van der Waals surface area contributed by atoms with Crippen molar-refractivity contribution in [3.05, 3.63) is 56.0 Å². The normalized spacial score (nSPS) is 24.9. The molecule has 3 saturated heterocycles. The number of hydrogen-bond acceptors (Lipinski definition) is 8.